The zero-order valence-electron chi connectivity index (χ0n) is 16.4. The van der Waals surface area contributed by atoms with Crippen molar-refractivity contribution in [2.24, 2.45) is 0 Å². The highest BCUT2D eigenvalue weighted by Crippen LogP contribution is 2.40. The molecule has 1 aromatic carbocycles. The molecule has 1 amide bonds. The first-order chi connectivity index (χ1) is 10.7. The molecular weight excluding hydrogens is 304 g/mol. The van der Waals surface area contributed by atoms with Crippen LogP contribution >= 0.6 is 0 Å². The van der Waals surface area contributed by atoms with Crippen LogP contribution in [0, 0.1) is 5.21 Å². The highest BCUT2D eigenvalue weighted by molar-refractivity contribution is 5.79. The molecule has 0 radical (unpaired) electrons. The summed E-state index contributed by atoms with van der Waals surface area (Å²) >= 11 is 0. The van der Waals surface area contributed by atoms with Crippen molar-refractivity contribution in [2.75, 3.05) is 21.1 Å². The first kappa shape index (κ1) is 20.0. The van der Waals surface area contributed by atoms with Crippen molar-refractivity contribution >= 4 is 12.3 Å². The van der Waals surface area contributed by atoms with Gasteiger partial charge in [0.2, 0.25) is 0 Å². The SMILES string of the molecule is CN(C)C(=O)Oc1c(C(C)(C)C)cc(/C=[N+](/C)[O-])cc1C(C)(C)C. The van der Waals surface area contributed by atoms with Crippen LogP contribution in [-0.4, -0.2) is 43.1 Å². The Morgan fingerprint density at radius 1 is 1.08 bits per heavy atom. The smallest absolute Gasteiger partial charge is 0.414 e. The number of benzene rings is 1. The first-order valence-corrected chi connectivity index (χ1v) is 8.06. The van der Waals surface area contributed by atoms with Gasteiger partial charge in [-0.05, 0) is 23.0 Å². The van der Waals surface area contributed by atoms with Gasteiger partial charge in [-0.25, -0.2) is 9.53 Å². The van der Waals surface area contributed by atoms with Gasteiger partial charge in [0.25, 0.3) is 0 Å². The highest BCUT2D eigenvalue weighted by Gasteiger charge is 2.29. The predicted octanol–water partition coefficient (Wildman–Crippen LogP) is 3.90. The Kier molecular flexibility index (Phi) is 5.70. The summed E-state index contributed by atoms with van der Waals surface area (Å²) in [5.74, 6) is 0.583. The van der Waals surface area contributed by atoms with Crippen LogP contribution in [0.5, 0.6) is 5.75 Å². The van der Waals surface area contributed by atoms with Gasteiger partial charge in [-0.1, -0.05) is 41.5 Å². The summed E-state index contributed by atoms with van der Waals surface area (Å²) < 4.78 is 6.51. The molecule has 0 saturated carbocycles. The van der Waals surface area contributed by atoms with Gasteiger partial charge < -0.3 is 14.8 Å². The summed E-state index contributed by atoms with van der Waals surface area (Å²) in [5.41, 5.74) is 2.11. The number of amides is 1. The predicted molar refractivity (Wildman–Crippen MR) is 98.3 cm³/mol. The van der Waals surface area contributed by atoms with Crippen LogP contribution in [0.2, 0.25) is 0 Å². The van der Waals surface area contributed by atoms with Crippen LogP contribution in [0.1, 0.15) is 58.2 Å². The second-order valence-corrected chi connectivity index (χ2v) is 8.38. The second-order valence-electron chi connectivity index (χ2n) is 8.38. The molecule has 134 valence electrons. The van der Waals surface area contributed by atoms with E-state index in [1.165, 1.54) is 18.2 Å². The number of rotatable bonds is 2. The Balaban J connectivity index is 3.74. The molecule has 0 spiro atoms. The van der Waals surface area contributed by atoms with Gasteiger partial charge in [-0.3, -0.25) is 0 Å². The average molecular weight is 334 g/mol. The zero-order valence-corrected chi connectivity index (χ0v) is 16.4. The topological polar surface area (TPSA) is 55.6 Å². The fraction of sp³-hybridized carbons (Fsp3) is 0.579. The third kappa shape index (κ3) is 4.98. The number of carbonyl (C=O) groups is 1. The molecule has 0 bridgehead atoms. The van der Waals surface area contributed by atoms with Crippen molar-refractivity contribution in [1.82, 2.24) is 4.90 Å². The summed E-state index contributed by atoms with van der Waals surface area (Å²) in [6.45, 7) is 12.4. The van der Waals surface area contributed by atoms with E-state index in [9.17, 15) is 10.0 Å². The van der Waals surface area contributed by atoms with E-state index in [1.807, 2.05) is 12.1 Å². The summed E-state index contributed by atoms with van der Waals surface area (Å²) in [4.78, 5) is 13.6. The van der Waals surface area contributed by atoms with Crippen molar-refractivity contribution in [3.8, 4) is 5.75 Å². The molecule has 24 heavy (non-hydrogen) atoms. The third-order valence-corrected chi connectivity index (χ3v) is 3.61. The van der Waals surface area contributed by atoms with Crippen molar-refractivity contribution < 1.29 is 14.3 Å². The summed E-state index contributed by atoms with van der Waals surface area (Å²) in [5, 5.41) is 11.5. The number of hydrogen-bond acceptors (Lipinski definition) is 3. The minimum Gasteiger partial charge on any atom is -0.624 e. The minimum absolute atomic E-state index is 0.243. The van der Waals surface area contributed by atoms with Crippen LogP contribution in [0.25, 0.3) is 0 Å². The average Bonchev–Trinajstić information content (AvgIpc) is 2.36. The molecule has 1 rings (SSSR count). The van der Waals surface area contributed by atoms with E-state index >= 15 is 0 Å². The van der Waals surface area contributed by atoms with Crippen molar-refractivity contribution in [3.05, 3.63) is 34.0 Å². The Morgan fingerprint density at radius 2 is 1.50 bits per heavy atom. The van der Waals surface area contributed by atoms with Gasteiger partial charge in [-0.15, -0.1) is 0 Å². The van der Waals surface area contributed by atoms with Crippen molar-refractivity contribution in [2.45, 2.75) is 52.4 Å². The second kappa shape index (κ2) is 6.83. The zero-order chi connectivity index (χ0) is 18.9. The van der Waals surface area contributed by atoms with E-state index in [-0.39, 0.29) is 10.8 Å². The maximum Gasteiger partial charge on any atom is 0.414 e. The largest absolute Gasteiger partial charge is 0.624 e. The molecule has 0 aliphatic carbocycles. The van der Waals surface area contributed by atoms with Crippen LogP contribution < -0.4 is 4.74 Å². The van der Waals surface area contributed by atoms with Gasteiger partial charge in [0.05, 0.1) is 0 Å². The van der Waals surface area contributed by atoms with Gasteiger partial charge >= 0.3 is 6.09 Å². The summed E-state index contributed by atoms with van der Waals surface area (Å²) in [6, 6.07) is 3.84. The number of hydroxylamine groups is 1. The summed E-state index contributed by atoms with van der Waals surface area (Å²) in [6.07, 6.45) is 1.12. The maximum atomic E-state index is 12.2. The molecule has 0 N–H and O–H groups in total. The Labute approximate surface area is 145 Å². The molecule has 5 nitrogen and oxygen atoms in total. The number of carbonyl (C=O) groups excluding carboxylic acids is 1. The number of nitrogens with zero attached hydrogens (tertiary/aromatic N) is 2. The fourth-order valence-corrected chi connectivity index (χ4v) is 2.34. The quantitative estimate of drug-likeness (QED) is 0.357. The maximum absolute atomic E-state index is 12.2. The Bertz CT molecular complexity index is 609. The molecule has 0 fully saturated rings. The Morgan fingerprint density at radius 3 is 1.79 bits per heavy atom. The van der Waals surface area contributed by atoms with Crippen LogP contribution in [0.4, 0.5) is 4.79 Å². The lowest BCUT2D eigenvalue weighted by molar-refractivity contribution is -0.416. The first-order valence-electron chi connectivity index (χ1n) is 8.06. The normalized spacial score (nSPS) is 13.0. The van der Waals surface area contributed by atoms with E-state index in [0.717, 1.165) is 21.4 Å². The monoisotopic (exact) mass is 334 g/mol. The molecule has 0 saturated heterocycles. The lowest BCUT2D eigenvalue weighted by Crippen LogP contribution is -2.29. The Hall–Kier alpha value is -2.04. The van der Waals surface area contributed by atoms with Crippen molar-refractivity contribution in [3.63, 3.8) is 0 Å². The number of hydrogen-bond donors (Lipinski definition) is 0. The molecule has 0 unspecified atom stereocenters. The van der Waals surface area contributed by atoms with Crippen molar-refractivity contribution in [1.29, 1.82) is 0 Å². The molecular formula is C19H30N2O3. The molecule has 0 atom stereocenters. The van der Waals surface area contributed by atoms with E-state index in [4.69, 9.17) is 4.74 Å². The van der Waals surface area contributed by atoms with Gasteiger partial charge in [0.1, 0.15) is 12.8 Å². The third-order valence-electron chi connectivity index (χ3n) is 3.61. The van der Waals surface area contributed by atoms with Gasteiger partial charge in [-0.2, -0.15) is 0 Å². The molecule has 0 heterocycles. The minimum atomic E-state index is -0.413. The number of ether oxygens (including phenoxy) is 1. The molecule has 0 aliphatic rings. The van der Waals surface area contributed by atoms with Crippen LogP contribution in [0.3, 0.4) is 0 Å². The standard InChI is InChI=1S/C19H30N2O3/c1-18(2,3)14-10-13(12-21(9)23)11-15(19(4,5)6)16(14)24-17(22)20(7)8/h10-12H,1-9H3/b21-12-. The van der Waals surface area contributed by atoms with E-state index < -0.39 is 6.09 Å². The van der Waals surface area contributed by atoms with Gasteiger partial charge in [0, 0.05) is 30.8 Å². The molecule has 0 aromatic heterocycles. The highest BCUT2D eigenvalue weighted by atomic mass is 16.6. The lowest BCUT2D eigenvalue weighted by atomic mass is 9.78. The van der Waals surface area contributed by atoms with Crippen LogP contribution in [-0.2, 0) is 10.8 Å². The molecule has 0 aliphatic heterocycles. The van der Waals surface area contributed by atoms with Gasteiger partial charge in [0.15, 0.2) is 6.21 Å². The fourth-order valence-electron chi connectivity index (χ4n) is 2.34. The lowest BCUT2D eigenvalue weighted by Gasteiger charge is -2.30. The van der Waals surface area contributed by atoms with E-state index in [2.05, 4.69) is 41.5 Å². The summed E-state index contributed by atoms with van der Waals surface area (Å²) in [7, 11) is 4.77. The van der Waals surface area contributed by atoms with E-state index in [1.54, 1.807) is 14.1 Å². The van der Waals surface area contributed by atoms with E-state index in [0.29, 0.717) is 5.75 Å². The molecule has 5 heteroatoms. The van der Waals surface area contributed by atoms with Crippen LogP contribution in [0.15, 0.2) is 12.1 Å². The molecule has 1 aromatic rings.